The molecule has 0 N–H and O–H groups in total. The molecule has 2 rings (SSSR count). The van der Waals surface area contributed by atoms with E-state index in [2.05, 4.69) is 0 Å². The average Bonchev–Trinajstić information content (AvgIpc) is 2.49. The predicted molar refractivity (Wildman–Crippen MR) is 72.5 cm³/mol. The minimum atomic E-state index is 0. The van der Waals surface area contributed by atoms with Crippen LogP contribution in [-0.4, -0.2) is 0 Å². The van der Waals surface area contributed by atoms with E-state index in [-0.39, 0.29) is 18.9 Å². The SMILES string of the molecule is C[C-](c1ccc(OC#N)cc1)c1ccc(OC#N)cc1.[Li+]. The Morgan fingerprint density at radius 3 is 1.38 bits per heavy atom. The van der Waals surface area contributed by atoms with E-state index in [1.807, 2.05) is 31.2 Å². The van der Waals surface area contributed by atoms with Gasteiger partial charge in [-0.3, -0.25) is 0 Å². The normalized spacial score (nSPS) is 8.71. The third kappa shape index (κ3) is 4.23. The van der Waals surface area contributed by atoms with Gasteiger partial charge in [0.05, 0.1) is 0 Å². The number of nitrogens with zero attached hydrogens (tertiary/aromatic N) is 2. The van der Waals surface area contributed by atoms with Crippen LogP contribution in [-0.2, 0) is 0 Å². The summed E-state index contributed by atoms with van der Waals surface area (Å²) in [6.45, 7) is 2.00. The van der Waals surface area contributed by atoms with Crippen LogP contribution in [0.1, 0.15) is 18.1 Å². The molecule has 0 aromatic heterocycles. The minimum absolute atomic E-state index is 0. The molecule has 0 bridgehead atoms. The molecule has 2 aromatic rings. The summed E-state index contributed by atoms with van der Waals surface area (Å²) < 4.78 is 9.48. The molecule has 0 spiro atoms. The van der Waals surface area contributed by atoms with Gasteiger partial charge in [-0.15, -0.1) is 51.8 Å². The van der Waals surface area contributed by atoms with Gasteiger partial charge in [-0.2, -0.15) is 0 Å². The van der Waals surface area contributed by atoms with E-state index in [0.717, 1.165) is 17.0 Å². The summed E-state index contributed by atoms with van der Waals surface area (Å²) in [6, 6.07) is 14.5. The Labute approximate surface area is 135 Å². The third-order valence-electron chi connectivity index (χ3n) is 2.90. The average molecular weight is 270 g/mol. The zero-order valence-electron chi connectivity index (χ0n) is 11.8. The molecule has 0 aliphatic carbocycles. The van der Waals surface area contributed by atoms with Crippen LogP contribution in [0, 0.1) is 29.0 Å². The molecule has 0 saturated heterocycles. The molecule has 0 amide bonds. The maximum absolute atomic E-state index is 8.43. The van der Waals surface area contributed by atoms with Crippen molar-refractivity contribution in [3.8, 4) is 24.0 Å². The van der Waals surface area contributed by atoms with Gasteiger partial charge in [-0.25, -0.2) is 0 Å². The predicted octanol–water partition coefficient (Wildman–Crippen LogP) is 0.401. The minimum Gasteiger partial charge on any atom is -0.389 e. The summed E-state index contributed by atoms with van der Waals surface area (Å²) in [5.74, 6) is 2.11. The fourth-order valence-electron chi connectivity index (χ4n) is 1.82. The smallest absolute Gasteiger partial charge is 0.389 e. The first-order valence-electron chi connectivity index (χ1n) is 5.91. The Hall–Kier alpha value is -2.51. The number of ether oxygens (including phenoxy) is 2. The zero-order chi connectivity index (χ0) is 14.4. The number of hydrogen-bond acceptors (Lipinski definition) is 4. The molecule has 0 atom stereocenters. The van der Waals surface area contributed by atoms with E-state index in [0.29, 0.717) is 11.5 Å². The van der Waals surface area contributed by atoms with Crippen molar-refractivity contribution in [2.45, 2.75) is 6.92 Å². The summed E-state index contributed by atoms with van der Waals surface area (Å²) in [7, 11) is 0. The molecule has 0 radical (unpaired) electrons. The Bertz CT molecular complexity index is 595. The molecule has 2 aromatic carbocycles. The van der Waals surface area contributed by atoms with E-state index in [1.165, 1.54) is 0 Å². The van der Waals surface area contributed by atoms with Crippen molar-refractivity contribution >= 4 is 0 Å². The molecular weight excluding hydrogens is 259 g/mol. The summed E-state index contributed by atoms with van der Waals surface area (Å²) >= 11 is 0. The molecule has 5 heteroatoms. The van der Waals surface area contributed by atoms with Gasteiger partial charge in [0.25, 0.3) is 12.5 Å². The standard InChI is InChI=1S/C16H11N2O2.Li/c1-12(13-2-6-15(7-3-13)19-10-17)14-4-8-16(9-5-14)20-11-18;/h2-9H,1H3;/q-1;+1. The van der Waals surface area contributed by atoms with Crippen LogP contribution >= 0.6 is 0 Å². The Morgan fingerprint density at radius 1 is 0.762 bits per heavy atom. The van der Waals surface area contributed by atoms with Crippen LogP contribution in [0.2, 0.25) is 0 Å². The fraction of sp³-hybridized carbons (Fsp3) is 0.0625. The van der Waals surface area contributed by atoms with Gasteiger partial charge in [0, 0.05) is 0 Å². The molecule has 0 fully saturated rings. The quantitative estimate of drug-likeness (QED) is 0.458. The van der Waals surface area contributed by atoms with E-state index < -0.39 is 0 Å². The van der Waals surface area contributed by atoms with Crippen LogP contribution in [0.25, 0.3) is 0 Å². The zero-order valence-corrected chi connectivity index (χ0v) is 11.8. The number of rotatable bonds is 4. The van der Waals surface area contributed by atoms with Crippen LogP contribution in [0.3, 0.4) is 0 Å². The van der Waals surface area contributed by atoms with Crippen molar-refractivity contribution in [3.05, 3.63) is 65.6 Å². The molecule has 21 heavy (non-hydrogen) atoms. The second-order valence-electron chi connectivity index (χ2n) is 4.06. The van der Waals surface area contributed by atoms with Gasteiger partial charge in [0.2, 0.25) is 0 Å². The van der Waals surface area contributed by atoms with Gasteiger partial charge in [0.15, 0.2) is 0 Å². The largest absolute Gasteiger partial charge is 1.00 e. The van der Waals surface area contributed by atoms with Crippen LogP contribution in [0.5, 0.6) is 11.5 Å². The van der Waals surface area contributed by atoms with Crippen molar-refractivity contribution in [3.63, 3.8) is 0 Å². The number of nitriles is 2. The topological polar surface area (TPSA) is 66.0 Å². The first-order chi connectivity index (χ1) is 9.74. The van der Waals surface area contributed by atoms with Crippen molar-refractivity contribution in [1.82, 2.24) is 0 Å². The summed E-state index contributed by atoms with van der Waals surface area (Å²) in [5, 5.41) is 16.9. The summed E-state index contributed by atoms with van der Waals surface area (Å²) in [5.41, 5.74) is 2.06. The molecule has 0 aliphatic heterocycles. The van der Waals surface area contributed by atoms with E-state index in [4.69, 9.17) is 20.0 Å². The Balaban J connectivity index is 0.00000220. The molecule has 0 unspecified atom stereocenters. The van der Waals surface area contributed by atoms with Crippen molar-refractivity contribution in [2.24, 2.45) is 0 Å². The maximum atomic E-state index is 8.43. The van der Waals surface area contributed by atoms with E-state index in [9.17, 15) is 0 Å². The molecule has 0 heterocycles. The first-order valence-corrected chi connectivity index (χ1v) is 5.91. The van der Waals surface area contributed by atoms with Crippen LogP contribution in [0.15, 0.2) is 48.5 Å². The van der Waals surface area contributed by atoms with Gasteiger partial charge < -0.3 is 9.47 Å². The number of hydrogen-bond donors (Lipinski definition) is 0. The van der Waals surface area contributed by atoms with Crippen molar-refractivity contribution in [1.29, 1.82) is 10.5 Å². The monoisotopic (exact) mass is 270 g/mol. The van der Waals surface area contributed by atoms with E-state index in [1.54, 1.807) is 36.8 Å². The van der Waals surface area contributed by atoms with Gasteiger partial charge in [-0.1, -0.05) is 31.2 Å². The molecule has 98 valence electrons. The van der Waals surface area contributed by atoms with Crippen molar-refractivity contribution in [2.75, 3.05) is 0 Å². The number of benzene rings is 2. The summed E-state index contributed by atoms with van der Waals surface area (Å²) in [6.07, 6.45) is 3.27. The van der Waals surface area contributed by atoms with Crippen molar-refractivity contribution < 1.29 is 28.3 Å². The second-order valence-corrected chi connectivity index (χ2v) is 4.06. The van der Waals surface area contributed by atoms with Gasteiger partial charge >= 0.3 is 18.9 Å². The molecular formula is C16H11LiN2O2. The van der Waals surface area contributed by atoms with Gasteiger partial charge in [0.1, 0.15) is 11.5 Å². The summed E-state index contributed by atoms with van der Waals surface area (Å²) in [4.78, 5) is 0. The van der Waals surface area contributed by atoms with Crippen LogP contribution in [0.4, 0.5) is 0 Å². The molecule has 0 aliphatic rings. The second kappa shape index (κ2) is 7.93. The third-order valence-corrected chi connectivity index (χ3v) is 2.90. The maximum Gasteiger partial charge on any atom is 1.00 e. The molecule has 0 saturated carbocycles. The Morgan fingerprint density at radius 2 is 1.10 bits per heavy atom. The van der Waals surface area contributed by atoms with E-state index >= 15 is 0 Å². The van der Waals surface area contributed by atoms with Gasteiger partial charge in [-0.05, 0) is 0 Å². The fourth-order valence-corrected chi connectivity index (χ4v) is 1.82. The van der Waals surface area contributed by atoms with Crippen LogP contribution < -0.4 is 28.3 Å². The first kappa shape index (κ1) is 16.5. The Kier molecular flexibility index (Phi) is 6.24. The molecule has 4 nitrogen and oxygen atoms in total.